The molecule has 0 aromatic heterocycles. The summed E-state index contributed by atoms with van der Waals surface area (Å²) < 4.78 is 11.9. The Balaban J connectivity index is 1.69. The average molecular weight is 261 g/mol. The van der Waals surface area contributed by atoms with Crippen LogP contribution in [0.15, 0.2) is 24.3 Å². The van der Waals surface area contributed by atoms with Crippen molar-refractivity contribution in [1.29, 1.82) is 0 Å². The minimum atomic E-state index is 0.395. The molecule has 0 heterocycles. The van der Waals surface area contributed by atoms with E-state index in [1.807, 2.05) is 31.3 Å². The predicted molar refractivity (Wildman–Crippen MR) is 75.5 cm³/mol. The molecule has 104 valence electrons. The van der Waals surface area contributed by atoms with E-state index in [0.29, 0.717) is 12.8 Å². The van der Waals surface area contributed by atoms with Gasteiger partial charge in [0.25, 0.3) is 0 Å². The molecule has 3 aliphatic carbocycles. The normalized spacial score (nSPS) is 29.2. The Hall–Kier alpha value is -1.22. The van der Waals surface area contributed by atoms with E-state index in [1.54, 1.807) is 0 Å². The number of hydrogen-bond acceptors (Lipinski definition) is 3. The number of hydrogen-bond donors (Lipinski definition) is 1. The highest BCUT2D eigenvalue weighted by atomic mass is 16.5. The second-order valence-electron chi connectivity index (χ2n) is 5.76. The van der Waals surface area contributed by atoms with Crippen molar-refractivity contribution in [3.8, 4) is 11.5 Å². The molecule has 19 heavy (non-hydrogen) atoms. The molecule has 3 fully saturated rings. The molecule has 0 saturated heterocycles. The van der Waals surface area contributed by atoms with Gasteiger partial charge >= 0.3 is 0 Å². The number of benzene rings is 1. The van der Waals surface area contributed by atoms with Crippen molar-refractivity contribution < 1.29 is 9.47 Å². The van der Waals surface area contributed by atoms with E-state index < -0.39 is 0 Å². The molecular weight excluding hydrogens is 238 g/mol. The Kier molecular flexibility index (Phi) is 3.92. The number of rotatable bonds is 5. The molecule has 2 bridgehead atoms. The minimum absolute atomic E-state index is 0.395. The molecule has 3 nitrogen and oxygen atoms in total. The number of nitrogens with one attached hydrogen (secondary N) is 1. The van der Waals surface area contributed by atoms with Crippen LogP contribution in [0.3, 0.4) is 0 Å². The van der Waals surface area contributed by atoms with E-state index >= 15 is 0 Å². The molecule has 0 radical (unpaired) electrons. The van der Waals surface area contributed by atoms with E-state index in [4.69, 9.17) is 9.47 Å². The van der Waals surface area contributed by atoms with Crippen molar-refractivity contribution in [2.24, 2.45) is 11.8 Å². The van der Waals surface area contributed by atoms with Crippen LogP contribution in [0.2, 0.25) is 0 Å². The van der Waals surface area contributed by atoms with E-state index in [9.17, 15) is 0 Å². The summed E-state index contributed by atoms with van der Waals surface area (Å²) in [5, 5.41) is 3.00. The summed E-state index contributed by atoms with van der Waals surface area (Å²) in [6, 6.07) is 8.01. The Morgan fingerprint density at radius 1 is 1.11 bits per heavy atom. The number of ether oxygens (including phenoxy) is 2. The second kappa shape index (κ2) is 5.83. The quantitative estimate of drug-likeness (QED) is 0.826. The zero-order chi connectivity index (χ0) is 13.1. The van der Waals surface area contributed by atoms with Gasteiger partial charge in [-0.15, -0.1) is 0 Å². The highest BCUT2D eigenvalue weighted by Gasteiger charge is 2.37. The van der Waals surface area contributed by atoms with Crippen LogP contribution in [0.25, 0.3) is 0 Å². The van der Waals surface area contributed by atoms with Crippen LogP contribution in [0, 0.1) is 11.8 Å². The summed E-state index contributed by atoms with van der Waals surface area (Å²) in [5.74, 6) is 3.39. The largest absolute Gasteiger partial charge is 0.486 e. The first-order valence-electron chi connectivity index (χ1n) is 7.40. The lowest BCUT2D eigenvalue weighted by Gasteiger charge is -2.42. The lowest BCUT2D eigenvalue weighted by molar-refractivity contribution is 0.0181. The van der Waals surface area contributed by atoms with Crippen molar-refractivity contribution in [2.75, 3.05) is 13.8 Å². The average Bonchev–Trinajstić information content (AvgIpc) is 2.48. The minimum Gasteiger partial charge on any atom is -0.486 e. The SMILES string of the molecule is CNCOc1ccccc1OC1CC2CCC1CC2. The van der Waals surface area contributed by atoms with Gasteiger partial charge in [0.2, 0.25) is 0 Å². The molecule has 4 rings (SSSR count). The fraction of sp³-hybridized carbons (Fsp3) is 0.625. The Morgan fingerprint density at radius 2 is 1.84 bits per heavy atom. The molecule has 0 amide bonds. The smallest absolute Gasteiger partial charge is 0.163 e. The third-order valence-electron chi connectivity index (χ3n) is 4.48. The van der Waals surface area contributed by atoms with Gasteiger partial charge in [-0.1, -0.05) is 12.1 Å². The lowest BCUT2D eigenvalue weighted by atomic mass is 9.69. The third kappa shape index (κ3) is 2.86. The first-order valence-corrected chi connectivity index (χ1v) is 7.40. The van der Waals surface area contributed by atoms with Crippen LogP contribution in [0.5, 0.6) is 11.5 Å². The van der Waals surface area contributed by atoms with Gasteiger partial charge in [0, 0.05) is 0 Å². The van der Waals surface area contributed by atoms with Crippen molar-refractivity contribution in [3.05, 3.63) is 24.3 Å². The molecule has 3 aliphatic rings. The molecule has 1 unspecified atom stereocenters. The molecule has 1 aromatic carbocycles. The molecule has 1 aromatic rings. The third-order valence-corrected chi connectivity index (χ3v) is 4.48. The fourth-order valence-corrected chi connectivity index (χ4v) is 3.44. The Morgan fingerprint density at radius 3 is 2.47 bits per heavy atom. The number of fused-ring (bicyclic) bond motifs is 3. The van der Waals surface area contributed by atoms with E-state index in [1.165, 1.54) is 32.1 Å². The standard InChI is InChI=1S/C16H23NO2/c1-17-11-18-14-4-2-3-5-15(14)19-16-10-12-6-8-13(16)9-7-12/h2-5,12-13,16-17H,6-11H2,1H3. The van der Waals surface area contributed by atoms with Gasteiger partial charge in [0.05, 0.1) is 0 Å². The fourth-order valence-electron chi connectivity index (χ4n) is 3.44. The summed E-state index contributed by atoms with van der Waals surface area (Å²) in [6.07, 6.45) is 7.12. The van der Waals surface area contributed by atoms with Gasteiger partial charge < -0.3 is 9.47 Å². The molecule has 1 N–H and O–H groups in total. The highest BCUT2D eigenvalue weighted by Crippen LogP contribution is 2.43. The predicted octanol–water partition coefficient (Wildman–Crippen LogP) is 3.20. The molecule has 0 spiro atoms. The van der Waals surface area contributed by atoms with E-state index in [-0.39, 0.29) is 0 Å². The van der Waals surface area contributed by atoms with Gasteiger partial charge in [-0.25, -0.2) is 0 Å². The maximum absolute atomic E-state index is 6.26. The molecular formula is C16H23NO2. The van der Waals surface area contributed by atoms with Crippen molar-refractivity contribution in [1.82, 2.24) is 5.32 Å². The Labute approximate surface area is 115 Å². The summed E-state index contributed by atoms with van der Waals surface area (Å²) in [6.45, 7) is 0.511. The maximum atomic E-state index is 6.26. The summed E-state index contributed by atoms with van der Waals surface area (Å²) in [5.41, 5.74) is 0. The van der Waals surface area contributed by atoms with Gasteiger partial charge in [0.1, 0.15) is 12.8 Å². The summed E-state index contributed by atoms with van der Waals surface area (Å²) >= 11 is 0. The van der Waals surface area contributed by atoms with Gasteiger partial charge in [-0.3, -0.25) is 5.32 Å². The molecule has 0 aliphatic heterocycles. The van der Waals surface area contributed by atoms with Crippen LogP contribution in [-0.2, 0) is 0 Å². The molecule has 1 atom stereocenters. The van der Waals surface area contributed by atoms with Crippen LogP contribution in [0.4, 0.5) is 0 Å². The second-order valence-corrected chi connectivity index (χ2v) is 5.76. The first kappa shape index (κ1) is 12.8. The van der Waals surface area contributed by atoms with E-state index in [2.05, 4.69) is 5.32 Å². The van der Waals surface area contributed by atoms with Gasteiger partial charge in [-0.05, 0) is 63.1 Å². The van der Waals surface area contributed by atoms with Crippen LogP contribution >= 0.6 is 0 Å². The lowest BCUT2D eigenvalue weighted by Crippen LogP contribution is -2.39. The van der Waals surface area contributed by atoms with Gasteiger partial charge in [-0.2, -0.15) is 0 Å². The van der Waals surface area contributed by atoms with Crippen molar-refractivity contribution in [3.63, 3.8) is 0 Å². The zero-order valence-corrected chi connectivity index (χ0v) is 11.6. The van der Waals surface area contributed by atoms with E-state index in [0.717, 1.165) is 23.3 Å². The van der Waals surface area contributed by atoms with Gasteiger partial charge in [0.15, 0.2) is 11.5 Å². The maximum Gasteiger partial charge on any atom is 0.163 e. The monoisotopic (exact) mass is 261 g/mol. The van der Waals surface area contributed by atoms with Crippen molar-refractivity contribution in [2.45, 2.75) is 38.2 Å². The first-order chi connectivity index (χ1) is 9.36. The summed E-state index contributed by atoms with van der Waals surface area (Å²) in [4.78, 5) is 0. The molecule has 3 heteroatoms. The topological polar surface area (TPSA) is 30.5 Å². The zero-order valence-electron chi connectivity index (χ0n) is 11.6. The Bertz CT molecular complexity index is 413. The van der Waals surface area contributed by atoms with Crippen molar-refractivity contribution >= 4 is 0 Å². The van der Waals surface area contributed by atoms with Crippen LogP contribution in [0.1, 0.15) is 32.1 Å². The summed E-state index contributed by atoms with van der Waals surface area (Å²) in [7, 11) is 1.88. The number of para-hydroxylation sites is 2. The van der Waals surface area contributed by atoms with Crippen LogP contribution in [-0.4, -0.2) is 19.9 Å². The van der Waals surface area contributed by atoms with Crippen LogP contribution < -0.4 is 14.8 Å². The highest BCUT2D eigenvalue weighted by molar-refractivity contribution is 5.39. The molecule has 3 saturated carbocycles.